The first-order chi connectivity index (χ1) is 13.2. The summed E-state index contributed by atoms with van der Waals surface area (Å²) in [6, 6.07) is 6.07. The van der Waals surface area contributed by atoms with Crippen molar-refractivity contribution in [2.45, 2.75) is 64.4 Å². The molecule has 1 saturated carbocycles. The Bertz CT molecular complexity index is 796. The second-order valence-electron chi connectivity index (χ2n) is 7.72. The Morgan fingerprint density at radius 2 is 2.00 bits per heavy atom. The molecule has 1 saturated heterocycles. The summed E-state index contributed by atoms with van der Waals surface area (Å²) in [5, 5.41) is 7.13. The second-order valence-corrected chi connectivity index (χ2v) is 7.72. The van der Waals surface area contributed by atoms with Gasteiger partial charge in [0.2, 0.25) is 17.6 Å². The molecule has 0 spiro atoms. The maximum atomic E-state index is 12.2. The molecule has 1 aromatic heterocycles. The van der Waals surface area contributed by atoms with Gasteiger partial charge in [0.05, 0.1) is 11.7 Å². The monoisotopic (exact) mass is 369 g/mol. The van der Waals surface area contributed by atoms with Crippen molar-refractivity contribution in [1.29, 1.82) is 0 Å². The molecule has 1 amide bonds. The third kappa shape index (κ3) is 4.31. The predicted molar refractivity (Wildman–Crippen MR) is 101 cm³/mol. The first-order valence-electron chi connectivity index (χ1n) is 10.1. The average molecular weight is 369 g/mol. The van der Waals surface area contributed by atoms with E-state index in [2.05, 4.69) is 22.4 Å². The molecule has 1 aliphatic carbocycles. The van der Waals surface area contributed by atoms with Gasteiger partial charge in [-0.15, -0.1) is 0 Å². The molecule has 6 heteroatoms. The highest BCUT2D eigenvalue weighted by Gasteiger charge is 2.25. The number of rotatable bonds is 5. The van der Waals surface area contributed by atoms with Crippen LogP contribution in [0.1, 0.15) is 56.4 Å². The SMILES string of the molecule is Cc1ccc(-c2noc(CC3CCCCNC3=O)n2)c(OC2CCCC2)c1. The van der Waals surface area contributed by atoms with Crippen molar-refractivity contribution in [3.8, 4) is 17.1 Å². The molecule has 2 heterocycles. The molecule has 1 aromatic carbocycles. The van der Waals surface area contributed by atoms with Gasteiger partial charge in [0.1, 0.15) is 5.75 Å². The summed E-state index contributed by atoms with van der Waals surface area (Å²) in [5.41, 5.74) is 2.00. The summed E-state index contributed by atoms with van der Waals surface area (Å²) in [6.07, 6.45) is 8.34. The van der Waals surface area contributed by atoms with E-state index in [9.17, 15) is 4.79 Å². The Morgan fingerprint density at radius 3 is 2.85 bits per heavy atom. The molecule has 2 fully saturated rings. The van der Waals surface area contributed by atoms with E-state index in [1.807, 2.05) is 18.2 Å². The van der Waals surface area contributed by atoms with E-state index in [1.165, 1.54) is 12.8 Å². The maximum absolute atomic E-state index is 12.2. The Labute approximate surface area is 159 Å². The third-order valence-electron chi connectivity index (χ3n) is 5.51. The number of hydrogen-bond acceptors (Lipinski definition) is 5. The molecule has 0 radical (unpaired) electrons. The lowest BCUT2D eigenvalue weighted by Gasteiger charge is -2.15. The van der Waals surface area contributed by atoms with Crippen molar-refractivity contribution < 1.29 is 14.1 Å². The number of aryl methyl sites for hydroxylation is 1. The predicted octanol–water partition coefficient (Wildman–Crippen LogP) is 3.83. The standard InChI is InChI=1S/C21H27N3O3/c1-14-9-10-17(18(12-14)26-16-7-2-3-8-16)20-23-19(27-24-20)13-15-6-4-5-11-22-21(15)25/h9-10,12,15-16H,2-8,11,13H2,1H3,(H,22,25). The van der Waals surface area contributed by atoms with Gasteiger partial charge < -0.3 is 14.6 Å². The largest absolute Gasteiger partial charge is 0.490 e. The van der Waals surface area contributed by atoms with Crippen LogP contribution in [0.15, 0.2) is 22.7 Å². The minimum absolute atomic E-state index is 0.0898. The fraction of sp³-hybridized carbons (Fsp3) is 0.571. The van der Waals surface area contributed by atoms with Crippen LogP contribution in [0.4, 0.5) is 0 Å². The van der Waals surface area contributed by atoms with Crippen LogP contribution in [-0.2, 0) is 11.2 Å². The van der Waals surface area contributed by atoms with Crippen LogP contribution >= 0.6 is 0 Å². The zero-order chi connectivity index (χ0) is 18.6. The molecule has 6 nitrogen and oxygen atoms in total. The molecule has 144 valence electrons. The summed E-state index contributed by atoms with van der Waals surface area (Å²) < 4.78 is 11.7. The summed E-state index contributed by atoms with van der Waals surface area (Å²) in [6.45, 7) is 2.81. The fourth-order valence-electron chi connectivity index (χ4n) is 3.95. The number of carbonyl (C=O) groups excluding carboxylic acids is 1. The smallest absolute Gasteiger partial charge is 0.227 e. The van der Waals surface area contributed by atoms with Gasteiger partial charge >= 0.3 is 0 Å². The van der Waals surface area contributed by atoms with Gasteiger partial charge in [-0.05, 0) is 63.1 Å². The Kier molecular flexibility index (Phi) is 5.41. The molecular weight excluding hydrogens is 342 g/mol. The van der Waals surface area contributed by atoms with Gasteiger partial charge in [0.15, 0.2) is 0 Å². The van der Waals surface area contributed by atoms with Crippen LogP contribution in [0.3, 0.4) is 0 Å². The molecule has 1 atom stereocenters. The van der Waals surface area contributed by atoms with Crippen LogP contribution in [0.5, 0.6) is 5.75 Å². The normalized spacial score (nSPS) is 21.1. The molecule has 4 rings (SSSR count). The molecule has 2 aliphatic rings. The molecule has 2 aromatic rings. The number of benzene rings is 1. The Hall–Kier alpha value is -2.37. The van der Waals surface area contributed by atoms with E-state index >= 15 is 0 Å². The molecule has 27 heavy (non-hydrogen) atoms. The van der Waals surface area contributed by atoms with Gasteiger partial charge in [-0.1, -0.05) is 17.6 Å². The minimum Gasteiger partial charge on any atom is -0.490 e. The van der Waals surface area contributed by atoms with Gasteiger partial charge in [-0.25, -0.2) is 0 Å². The van der Waals surface area contributed by atoms with Crippen LogP contribution in [0.2, 0.25) is 0 Å². The molecular formula is C21H27N3O3. The van der Waals surface area contributed by atoms with Gasteiger partial charge in [-0.2, -0.15) is 4.98 Å². The number of aromatic nitrogens is 2. The Morgan fingerprint density at radius 1 is 1.19 bits per heavy atom. The van der Waals surface area contributed by atoms with Crippen molar-refractivity contribution in [3.05, 3.63) is 29.7 Å². The van der Waals surface area contributed by atoms with E-state index in [1.54, 1.807) is 0 Å². The van der Waals surface area contributed by atoms with Gasteiger partial charge in [-0.3, -0.25) is 4.79 Å². The molecule has 1 N–H and O–H groups in total. The number of carbonyl (C=O) groups is 1. The summed E-state index contributed by atoms with van der Waals surface area (Å²) >= 11 is 0. The van der Waals surface area contributed by atoms with E-state index < -0.39 is 0 Å². The summed E-state index contributed by atoms with van der Waals surface area (Å²) in [5.74, 6) is 1.87. The number of amides is 1. The highest BCUT2D eigenvalue weighted by Crippen LogP contribution is 2.33. The minimum atomic E-state index is -0.0898. The van der Waals surface area contributed by atoms with Crippen molar-refractivity contribution in [3.63, 3.8) is 0 Å². The average Bonchev–Trinajstić information content (AvgIpc) is 3.28. The highest BCUT2D eigenvalue weighted by molar-refractivity contribution is 5.79. The molecule has 1 aliphatic heterocycles. The van der Waals surface area contributed by atoms with Crippen LogP contribution in [-0.4, -0.2) is 28.7 Å². The summed E-state index contributed by atoms with van der Waals surface area (Å²) in [7, 11) is 0. The van der Waals surface area contributed by atoms with E-state index in [0.29, 0.717) is 18.1 Å². The van der Waals surface area contributed by atoms with Crippen molar-refractivity contribution in [1.82, 2.24) is 15.5 Å². The zero-order valence-electron chi connectivity index (χ0n) is 15.9. The van der Waals surface area contributed by atoms with Crippen molar-refractivity contribution in [2.24, 2.45) is 5.92 Å². The van der Waals surface area contributed by atoms with Crippen LogP contribution in [0, 0.1) is 12.8 Å². The topological polar surface area (TPSA) is 77.3 Å². The lowest BCUT2D eigenvalue weighted by Crippen LogP contribution is -2.30. The van der Waals surface area contributed by atoms with Crippen molar-refractivity contribution >= 4 is 5.91 Å². The summed E-state index contributed by atoms with van der Waals surface area (Å²) in [4.78, 5) is 16.7. The third-order valence-corrected chi connectivity index (χ3v) is 5.51. The Balaban J connectivity index is 1.53. The molecule has 0 bridgehead atoms. The van der Waals surface area contributed by atoms with Crippen LogP contribution < -0.4 is 10.1 Å². The van der Waals surface area contributed by atoms with E-state index in [-0.39, 0.29) is 17.9 Å². The number of nitrogens with one attached hydrogen (secondary N) is 1. The lowest BCUT2D eigenvalue weighted by molar-refractivity contribution is -0.124. The first kappa shape index (κ1) is 18.0. The zero-order valence-corrected chi connectivity index (χ0v) is 15.9. The maximum Gasteiger partial charge on any atom is 0.227 e. The first-order valence-corrected chi connectivity index (χ1v) is 10.1. The highest BCUT2D eigenvalue weighted by atomic mass is 16.5. The van der Waals surface area contributed by atoms with Crippen LogP contribution in [0.25, 0.3) is 11.4 Å². The number of nitrogens with zero attached hydrogens (tertiary/aromatic N) is 2. The lowest BCUT2D eigenvalue weighted by atomic mass is 9.99. The number of hydrogen-bond donors (Lipinski definition) is 1. The van der Waals surface area contributed by atoms with Gasteiger partial charge in [0, 0.05) is 18.9 Å². The van der Waals surface area contributed by atoms with Gasteiger partial charge in [0.25, 0.3) is 0 Å². The molecule has 1 unspecified atom stereocenters. The van der Waals surface area contributed by atoms with Crippen molar-refractivity contribution in [2.75, 3.05) is 6.54 Å². The van der Waals surface area contributed by atoms with E-state index in [4.69, 9.17) is 9.26 Å². The quantitative estimate of drug-likeness (QED) is 0.867. The number of ether oxygens (including phenoxy) is 1. The second kappa shape index (κ2) is 8.11. The van der Waals surface area contributed by atoms with E-state index in [0.717, 1.165) is 55.5 Å². The fourth-order valence-corrected chi connectivity index (χ4v) is 3.95.